The monoisotopic (exact) mass is 476 g/mol. The number of aromatic hydroxyl groups is 1. The Morgan fingerprint density at radius 3 is 2.62 bits per heavy atom. The molecule has 0 radical (unpaired) electrons. The molecule has 4 nitrogen and oxygen atoms in total. The molecule has 0 aromatic heterocycles. The van der Waals surface area contributed by atoms with Crippen LogP contribution in [-0.4, -0.2) is 16.0 Å². The number of hydrogen-bond acceptors (Lipinski definition) is 3. The Morgan fingerprint density at radius 1 is 1.29 bits per heavy atom. The highest BCUT2D eigenvalue weighted by Gasteiger charge is 2.13. The molecule has 0 fully saturated rings. The number of nitrogens with two attached hydrogens (primary N) is 1. The largest absolute Gasteiger partial charge is 0.507 e. The maximum absolute atomic E-state index is 12.2. The molecule has 4 N–H and O–H groups in total. The molecule has 2 aromatic rings. The third kappa shape index (κ3) is 3.92. The van der Waals surface area contributed by atoms with Crippen LogP contribution >= 0.6 is 50.7 Å². The minimum atomic E-state index is -0.394. The van der Waals surface area contributed by atoms with Gasteiger partial charge in [0, 0.05) is 13.6 Å². The summed E-state index contributed by atoms with van der Waals surface area (Å²) in [5.74, 6) is -0.460. The minimum Gasteiger partial charge on any atom is -0.507 e. The van der Waals surface area contributed by atoms with Gasteiger partial charge in [0.05, 0.1) is 11.3 Å². The fraction of sp³-hybridized carbons (Fsp3) is 0. The average molecular weight is 477 g/mol. The van der Waals surface area contributed by atoms with E-state index in [2.05, 4.69) is 43.8 Å². The van der Waals surface area contributed by atoms with Gasteiger partial charge in [-0.15, -0.1) is 0 Å². The van der Waals surface area contributed by atoms with Crippen LogP contribution in [0.15, 0.2) is 40.9 Å². The van der Waals surface area contributed by atoms with E-state index in [1.807, 2.05) is 0 Å². The number of thiocarbonyl (C=S) groups is 1. The zero-order chi connectivity index (χ0) is 15.6. The van der Waals surface area contributed by atoms with Crippen LogP contribution < -0.4 is 11.1 Å². The maximum Gasteiger partial charge on any atom is 0.259 e. The van der Waals surface area contributed by atoms with Crippen LogP contribution in [-0.2, 0) is 0 Å². The number of rotatable bonds is 3. The van der Waals surface area contributed by atoms with Crippen molar-refractivity contribution >= 4 is 67.3 Å². The van der Waals surface area contributed by atoms with Gasteiger partial charge in [-0.1, -0.05) is 12.2 Å². The maximum atomic E-state index is 12.2. The third-order valence-corrected chi connectivity index (χ3v) is 4.27. The van der Waals surface area contributed by atoms with Crippen molar-refractivity contribution < 1.29 is 9.90 Å². The number of amides is 1. The standard InChI is InChI=1S/C14H10BrIN2O2S/c15-10-5-7(13(17)21)1-3-11(10)18-14(20)9-6-8(16)2-4-12(9)19/h1-6,19H,(H2,17,21)(H,18,20). The number of phenolic OH excluding ortho intramolecular Hbond substituents is 1. The van der Waals surface area contributed by atoms with Gasteiger partial charge in [-0.3, -0.25) is 4.79 Å². The fourth-order valence-electron chi connectivity index (χ4n) is 1.65. The summed E-state index contributed by atoms with van der Waals surface area (Å²) in [6, 6.07) is 9.97. The van der Waals surface area contributed by atoms with Gasteiger partial charge in [-0.2, -0.15) is 0 Å². The molecule has 0 aliphatic heterocycles. The summed E-state index contributed by atoms with van der Waals surface area (Å²) < 4.78 is 1.52. The molecule has 0 heterocycles. The molecule has 0 aliphatic rings. The number of phenols is 1. The molecule has 0 unspecified atom stereocenters. The molecule has 0 spiro atoms. The van der Waals surface area contributed by atoms with Crippen molar-refractivity contribution in [2.75, 3.05) is 5.32 Å². The zero-order valence-corrected chi connectivity index (χ0v) is 15.1. The van der Waals surface area contributed by atoms with Gasteiger partial charge in [0.1, 0.15) is 10.7 Å². The van der Waals surface area contributed by atoms with E-state index in [-0.39, 0.29) is 16.3 Å². The summed E-state index contributed by atoms with van der Waals surface area (Å²) in [4.78, 5) is 12.5. The summed E-state index contributed by atoms with van der Waals surface area (Å²) in [6.07, 6.45) is 0. The molecule has 108 valence electrons. The molecule has 7 heteroatoms. The van der Waals surface area contributed by atoms with E-state index < -0.39 is 5.91 Å². The molecular formula is C14H10BrIN2O2S. The van der Waals surface area contributed by atoms with E-state index in [9.17, 15) is 9.90 Å². The number of carbonyl (C=O) groups is 1. The predicted molar refractivity (Wildman–Crippen MR) is 98.8 cm³/mol. The van der Waals surface area contributed by atoms with Crippen molar-refractivity contribution in [2.45, 2.75) is 0 Å². The molecule has 2 aromatic carbocycles. The first-order chi connectivity index (χ1) is 9.88. The Hall–Kier alpha value is -1.19. The fourth-order valence-corrected chi connectivity index (χ4v) is 2.75. The molecule has 1 amide bonds. The van der Waals surface area contributed by atoms with Crippen molar-refractivity contribution in [3.8, 4) is 5.75 Å². The highest BCUT2D eigenvalue weighted by atomic mass is 127. The lowest BCUT2D eigenvalue weighted by Crippen LogP contribution is -2.14. The van der Waals surface area contributed by atoms with Crippen LogP contribution in [0.1, 0.15) is 15.9 Å². The van der Waals surface area contributed by atoms with Gasteiger partial charge in [-0.05, 0) is 74.9 Å². The van der Waals surface area contributed by atoms with Crippen LogP contribution in [0.5, 0.6) is 5.75 Å². The third-order valence-electron chi connectivity index (χ3n) is 2.71. The van der Waals surface area contributed by atoms with Crippen molar-refractivity contribution in [3.63, 3.8) is 0 Å². The van der Waals surface area contributed by atoms with Crippen LogP contribution in [0, 0.1) is 3.57 Å². The lowest BCUT2D eigenvalue weighted by molar-refractivity contribution is 0.102. The Morgan fingerprint density at radius 2 is 2.00 bits per heavy atom. The van der Waals surface area contributed by atoms with Crippen LogP contribution in [0.3, 0.4) is 0 Å². The Kier molecular flexibility index (Phi) is 5.17. The summed E-state index contributed by atoms with van der Waals surface area (Å²) in [5.41, 5.74) is 7.03. The summed E-state index contributed by atoms with van der Waals surface area (Å²) in [7, 11) is 0. The number of benzene rings is 2. The Balaban J connectivity index is 2.27. The minimum absolute atomic E-state index is 0.0659. The smallest absolute Gasteiger partial charge is 0.259 e. The summed E-state index contributed by atoms with van der Waals surface area (Å²) in [6.45, 7) is 0. The van der Waals surface area contributed by atoms with Gasteiger partial charge in [-0.25, -0.2) is 0 Å². The van der Waals surface area contributed by atoms with E-state index >= 15 is 0 Å². The first-order valence-corrected chi connectivity index (χ1v) is 8.05. The summed E-state index contributed by atoms with van der Waals surface area (Å²) in [5, 5.41) is 12.5. The van der Waals surface area contributed by atoms with Crippen LogP contribution in [0.25, 0.3) is 0 Å². The number of hydrogen-bond donors (Lipinski definition) is 3. The van der Waals surface area contributed by atoms with Crippen molar-refractivity contribution in [1.29, 1.82) is 0 Å². The molecular weight excluding hydrogens is 467 g/mol. The predicted octanol–water partition coefficient (Wildman–Crippen LogP) is 3.65. The van der Waals surface area contributed by atoms with E-state index in [0.717, 1.165) is 3.57 Å². The first-order valence-electron chi connectivity index (χ1n) is 5.77. The topological polar surface area (TPSA) is 75.3 Å². The van der Waals surface area contributed by atoms with E-state index in [0.29, 0.717) is 15.7 Å². The van der Waals surface area contributed by atoms with Gasteiger partial charge in [0.15, 0.2) is 0 Å². The van der Waals surface area contributed by atoms with Crippen molar-refractivity contribution in [2.24, 2.45) is 5.73 Å². The lowest BCUT2D eigenvalue weighted by Gasteiger charge is -2.10. The molecule has 0 bridgehead atoms. The summed E-state index contributed by atoms with van der Waals surface area (Å²) >= 11 is 10.3. The lowest BCUT2D eigenvalue weighted by atomic mass is 10.1. The number of nitrogens with one attached hydrogen (secondary N) is 1. The molecule has 0 saturated carbocycles. The van der Waals surface area contributed by atoms with Crippen LogP contribution in [0.2, 0.25) is 0 Å². The van der Waals surface area contributed by atoms with Gasteiger partial charge >= 0.3 is 0 Å². The van der Waals surface area contributed by atoms with E-state index in [1.54, 1.807) is 30.3 Å². The molecule has 0 aliphatic carbocycles. The molecule has 0 saturated heterocycles. The van der Waals surface area contributed by atoms with Crippen LogP contribution in [0.4, 0.5) is 5.69 Å². The molecule has 0 atom stereocenters. The SMILES string of the molecule is NC(=S)c1ccc(NC(=O)c2cc(I)ccc2O)c(Br)c1. The molecule has 21 heavy (non-hydrogen) atoms. The second-order valence-electron chi connectivity index (χ2n) is 4.17. The van der Waals surface area contributed by atoms with Crippen molar-refractivity contribution in [3.05, 3.63) is 55.6 Å². The number of halogens is 2. The second kappa shape index (κ2) is 6.71. The van der Waals surface area contributed by atoms with Gasteiger partial charge < -0.3 is 16.2 Å². The first kappa shape index (κ1) is 16.2. The zero-order valence-electron chi connectivity index (χ0n) is 10.6. The quantitative estimate of drug-likeness (QED) is 0.467. The number of anilines is 1. The second-order valence-corrected chi connectivity index (χ2v) is 6.71. The molecule has 2 rings (SSSR count). The van der Waals surface area contributed by atoms with E-state index in [4.69, 9.17) is 18.0 Å². The average Bonchev–Trinajstić information content (AvgIpc) is 2.43. The van der Waals surface area contributed by atoms with Crippen molar-refractivity contribution in [1.82, 2.24) is 0 Å². The van der Waals surface area contributed by atoms with E-state index in [1.165, 1.54) is 6.07 Å². The normalized spacial score (nSPS) is 10.2. The highest BCUT2D eigenvalue weighted by Crippen LogP contribution is 2.26. The number of carbonyl (C=O) groups excluding carboxylic acids is 1. The Bertz CT molecular complexity index is 737. The van der Waals surface area contributed by atoms with Gasteiger partial charge in [0.25, 0.3) is 5.91 Å². The highest BCUT2D eigenvalue weighted by molar-refractivity contribution is 14.1. The van der Waals surface area contributed by atoms with Gasteiger partial charge in [0.2, 0.25) is 0 Å². The Labute approximate surface area is 149 Å².